The number of aryl methyl sites for hydroxylation is 2. The number of ether oxygens (including phenoxy) is 2. The largest absolute Gasteiger partial charge is 0.376 e. The van der Waals surface area contributed by atoms with Crippen LogP contribution in [0.5, 0.6) is 0 Å². The van der Waals surface area contributed by atoms with Gasteiger partial charge in [0.05, 0.1) is 23.8 Å². The molecule has 0 N–H and O–H groups in total. The van der Waals surface area contributed by atoms with E-state index in [0.29, 0.717) is 6.61 Å². The minimum atomic E-state index is -0.319. The van der Waals surface area contributed by atoms with Crippen molar-refractivity contribution in [1.29, 1.82) is 0 Å². The topological polar surface area (TPSA) is 18.5 Å². The highest BCUT2D eigenvalue weighted by Gasteiger charge is 2.45. The summed E-state index contributed by atoms with van der Waals surface area (Å²) in [6.45, 7) is 13.0. The summed E-state index contributed by atoms with van der Waals surface area (Å²) in [5.41, 5.74) is 2.93. The van der Waals surface area contributed by atoms with Crippen LogP contribution in [0.3, 0.4) is 0 Å². The minimum absolute atomic E-state index is 0.0309. The predicted molar refractivity (Wildman–Crippen MR) is 85.3 cm³/mol. The van der Waals surface area contributed by atoms with E-state index in [1.807, 2.05) is 12.1 Å². The van der Waals surface area contributed by atoms with E-state index in [1.165, 1.54) is 16.6 Å². The zero-order valence-electron chi connectivity index (χ0n) is 13.2. The van der Waals surface area contributed by atoms with Gasteiger partial charge in [0.25, 0.3) is 0 Å². The molecule has 1 unspecified atom stereocenters. The van der Waals surface area contributed by atoms with Crippen molar-refractivity contribution < 1.29 is 9.47 Å². The van der Waals surface area contributed by atoms with Crippen LogP contribution in [0.4, 0.5) is 0 Å². The van der Waals surface area contributed by atoms with Gasteiger partial charge < -0.3 is 9.47 Å². The Labute approximate surface area is 128 Å². The van der Waals surface area contributed by atoms with Crippen LogP contribution in [0, 0.1) is 13.8 Å². The third kappa shape index (κ3) is 3.05. The molecule has 0 bridgehead atoms. The van der Waals surface area contributed by atoms with Crippen LogP contribution in [0.25, 0.3) is 0 Å². The molecule has 0 amide bonds. The second-order valence-electron chi connectivity index (χ2n) is 6.61. The van der Waals surface area contributed by atoms with Gasteiger partial charge in [-0.1, -0.05) is 28.2 Å². The first-order valence-corrected chi connectivity index (χ1v) is 7.43. The molecule has 1 radical (unpaired) electrons. The van der Waals surface area contributed by atoms with Gasteiger partial charge in [-0.2, -0.15) is 0 Å². The number of rotatable bonds is 2. The smallest absolute Gasteiger partial charge is 0.193 e. The van der Waals surface area contributed by atoms with Gasteiger partial charge in [0.2, 0.25) is 0 Å². The first kappa shape index (κ1) is 15.9. The van der Waals surface area contributed by atoms with Crippen LogP contribution in [0.2, 0.25) is 5.02 Å². The van der Waals surface area contributed by atoms with Crippen LogP contribution in [0.1, 0.15) is 38.8 Å². The molecule has 2 nitrogen and oxygen atoms in total. The maximum absolute atomic E-state index is 6.22. The van der Waals surface area contributed by atoms with E-state index >= 15 is 0 Å². The molecule has 1 aromatic carbocycles. The molecule has 1 fully saturated rings. The molecule has 109 valence electrons. The molecule has 1 aliphatic rings. The fourth-order valence-electron chi connectivity index (χ4n) is 2.47. The normalized spacial score (nSPS) is 24.4. The first-order valence-electron chi connectivity index (χ1n) is 7.06. The van der Waals surface area contributed by atoms with Gasteiger partial charge in [-0.3, -0.25) is 0 Å². The molecular weight excluding hydrogens is 270 g/mol. The van der Waals surface area contributed by atoms with Crippen molar-refractivity contribution in [3.8, 4) is 0 Å². The van der Waals surface area contributed by atoms with E-state index in [1.54, 1.807) is 0 Å². The molecule has 0 aliphatic carbocycles. The summed E-state index contributed by atoms with van der Waals surface area (Å²) in [4.78, 5) is 0. The number of hydrogen-bond donors (Lipinski definition) is 0. The minimum Gasteiger partial charge on any atom is -0.376 e. The van der Waals surface area contributed by atoms with Crippen LogP contribution in [0.15, 0.2) is 12.1 Å². The van der Waals surface area contributed by atoms with Gasteiger partial charge >= 0.3 is 0 Å². The molecule has 1 aromatic rings. The van der Waals surface area contributed by atoms with E-state index in [0.717, 1.165) is 5.02 Å². The summed E-state index contributed by atoms with van der Waals surface area (Å²) in [6, 6.07) is 3.94. The Bertz CT molecular complexity index is 488. The Morgan fingerprint density at radius 2 is 1.65 bits per heavy atom. The SMILES string of the molecule is Cc1cc(Cl)cc(C)c1[B]C1COC(C)(C)C(C)(C)O1. The van der Waals surface area contributed by atoms with Crippen molar-refractivity contribution in [2.75, 3.05) is 6.61 Å². The Balaban J connectivity index is 2.17. The molecule has 2 rings (SSSR count). The molecule has 0 saturated carbocycles. The van der Waals surface area contributed by atoms with Crippen molar-refractivity contribution in [2.45, 2.75) is 58.7 Å². The Hall–Kier alpha value is -0.505. The van der Waals surface area contributed by atoms with Crippen LogP contribution < -0.4 is 5.46 Å². The highest BCUT2D eigenvalue weighted by Crippen LogP contribution is 2.34. The van der Waals surface area contributed by atoms with Gasteiger partial charge in [0.15, 0.2) is 7.28 Å². The lowest BCUT2D eigenvalue weighted by Gasteiger charge is -2.48. The van der Waals surface area contributed by atoms with Gasteiger partial charge in [-0.25, -0.2) is 0 Å². The second kappa shape index (κ2) is 5.36. The fourth-order valence-corrected chi connectivity index (χ4v) is 2.80. The molecule has 1 aliphatic heterocycles. The van der Waals surface area contributed by atoms with Gasteiger partial charge in [-0.15, -0.1) is 0 Å². The summed E-state index contributed by atoms with van der Waals surface area (Å²) >= 11 is 6.08. The third-order valence-electron chi connectivity index (χ3n) is 4.42. The molecule has 0 spiro atoms. The third-order valence-corrected chi connectivity index (χ3v) is 4.63. The zero-order chi connectivity index (χ0) is 15.1. The van der Waals surface area contributed by atoms with Crippen molar-refractivity contribution >= 4 is 24.3 Å². The molecule has 1 saturated heterocycles. The Morgan fingerprint density at radius 3 is 2.15 bits per heavy atom. The first-order chi connectivity index (χ1) is 9.12. The summed E-state index contributed by atoms with van der Waals surface area (Å²) < 4.78 is 12.2. The predicted octanol–water partition coefficient (Wildman–Crippen LogP) is 3.22. The number of halogens is 1. The maximum Gasteiger partial charge on any atom is 0.193 e. The lowest BCUT2D eigenvalue weighted by atomic mass is 9.61. The maximum atomic E-state index is 6.22. The summed E-state index contributed by atoms with van der Waals surface area (Å²) in [6.07, 6.45) is 0. The lowest BCUT2D eigenvalue weighted by molar-refractivity contribution is -0.243. The fraction of sp³-hybridized carbons (Fsp3) is 0.625. The molecule has 0 aromatic heterocycles. The number of benzene rings is 1. The molecule has 20 heavy (non-hydrogen) atoms. The molecule has 4 heteroatoms. The van der Waals surface area contributed by atoms with Gasteiger partial charge in [0, 0.05) is 5.02 Å². The van der Waals surface area contributed by atoms with Crippen molar-refractivity contribution in [2.24, 2.45) is 0 Å². The van der Waals surface area contributed by atoms with Crippen molar-refractivity contribution in [3.05, 3.63) is 28.3 Å². The molecule has 1 atom stereocenters. The highest BCUT2D eigenvalue weighted by molar-refractivity contribution is 6.56. The van der Waals surface area contributed by atoms with E-state index in [4.69, 9.17) is 21.1 Å². The average molecular weight is 294 g/mol. The zero-order valence-corrected chi connectivity index (χ0v) is 14.0. The van der Waals surface area contributed by atoms with E-state index in [-0.39, 0.29) is 17.2 Å². The van der Waals surface area contributed by atoms with Gasteiger partial charge in [0.1, 0.15) is 0 Å². The Morgan fingerprint density at radius 1 is 1.10 bits per heavy atom. The average Bonchev–Trinajstić information content (AvgIpc) is 2.28. The van der Waals surface area contributed by atoms with Crippen LogP contribution in [-0.2, 0) is 9.47 Å². The standard InChI is InChI=1S/C16H23BClO2/c1-10-7-12(18)8-11(2)14(10)17-13-9-19-15(3,4)16(5,6)20-13/h7-8,13H,9H2,1-6H3. The van der Waals surface area contributed by atoms with Crippen LogP contribution in [-0.4, -0.2) is 31.1 Å². The Kier molecular flexibility index (Phi) is 4.26. The van der Waals surface area contributed by atoms with Crippen molar-refractivity contribution in [3.63, 3.8) is 0 Å². The van der Waals surface area contributed by atoms with Crippen LogP contribution >= 0.6 is 11.6 Å². The van der Waals surface area contributed by atoms with Crippen molar-refractivity contribution in [1.82, 2.24) is 0 Å². The monoisotopic (exact) mass is 293 g/mol. The summed E-state index contributed by atoms with van der Waals surface area (Å²) in [7, 11) is 2.15. The second-order valence-corrected chi connectivity index (χ2v) is 7.04. The molecular formula is C16H23BClO2. The summed E-state index contributed by atoms with van der Waals surface area (Å²) in [5.74, 6) is 0. The molecule has 1 heterocycles. The summed E-state index contributed by atoms with van der Waals surface area (Å²) in [5, 5.41) is 0.777. The van der Waals surface area contributed by atoms with E-state index < -0.39 is 0 Å². The van der Waals surface area contributed by atoms with E-state index in [9.17, 15) is 0 Å². The highest BCUT2D eigenvalue weighted by atomic mass is 35.5. The quantitative estimate of drug-likeness (QED) is 0.780. The van der Waals surface area contributed by atoms with E-state index in [2.05, 4.69) is 48.8 Å². The van der Waals surface area contributed by atoms with Gasteiger partial charge in [-0.05, 0) is 53.7 Å². The number of hydrogen-bond acceptors (Lipinski definition) is 2. The lowest BCUT2D eigenvalue weighted by Crippen LogP contribution is -2.59.